The normalized spacial score (nSPS) is 10.5. The lowest BCUT2D eigenvalue weighted by Crippen LogP contribution is -2.03. The SMILES string of the molecule is CC(=O)c1ncn(C(C)C)n1. The Bertz CT molecular complexity index is 264. The first-order valence-electron chi connectivity index (χ1n) is 3.53. The van der Waals surface area contributed by atoms with Crippen LogP contribution in [0, 0.1) is 0 Å². The Labute approximate surface area is 65.2 Å². The first-order chi connectivity index (χ1) is 5.11. The van der Waals surface area contributed by atoms with Crippen molar-refractivity contribution < 1.29 is 4.79 Å². The van der Waals surface area contributed by atoms with E-state index >= 15 is 0 Å². The maximum atomic E-state index is 10.7. The Kier molecular flexibility index (Phi) is 2.03. The van der Waals surface area contributed by atoms with Crippen molar-refractivity contribution in [2.45, 2.75) is 26.8 Å². The van der Waals surface area contributed by atoms with E-state index in [4.69, 9.17) is 0 Å². The molecular weight excluding hydrogens is 142 g/mol. The molecule has 1 heterocycles. The van der Waals surface area contributed by atoms with Gasteiger partial charge in [-0.3, -0.25) is 4.79 Å². The number of ketones is 1. The number of carbonyl (C=O) groups is 1. The largest absolute Gasteiger partial charge is 0.291 e. The van der Waals surface area contributed by atoms with E-state index in [1.165, 1.54) is 6.92 Å². The minimum atomic E-state index is -0.0931. The van der Waals surface area contributed by atoms with Crippen LogP contribution in [-0.4, -0.2) is 20.5 Å². The molecule has 0 aliphatic heterocycles. The lowest BCUT2D eigenvalue weighted by atomic mass is 10.4. The molecular formula is C7H11N3O. The Hall–Kier alpha value is -1.19. The predicted octanol–water partition coefficient (Wildman–Crippen LogP) is 1.06. The van der Waals surface area contributed by atoms with Crippen molar-refractivity contribution in [2.75, 3.05) is 0 Å². The van der Waals surface area contributed by atoms with E-state index in [-0.39, 0.29) is 11.8 Å². The van der Waals surface area contributed by atoms with E-state index in [0.717, 1.165) is 0 Å². The highest BCUT2D eigenvalue weighted by molar-refractivity contribution is 5.89. The molecule has 1 aromatic heterocycles. The summed E-state index contributed by atoms with van der Waals surface area (Å²) in [5.74, 6) is 0.197. The summed E-state index contributed by atoms with van der Waals surface area (Å²) in [6, 6.07) is 0.260. The van der Waals surface area contributed by atoms with Gasteiger partial charge in [0, 0.05) is 13.0 Å². The topological polar surface area (TPSA) is 47.8 Å². The van der Waals surface area contributed by atoms with Crippen molar-refractivity contribution in [1.82, 2.24) is 14.8 Å². The molecule has 1 rings (SSSR count). The zero-order valence-electron chi connectivity index (χ0n) is 6.90. The lowest BCUT2D eigenvalue weighted by molar-refractivity contribution is 0.100. The first kappa shape index (κ1) is 7.91. The molecule has 0 bridgehead atoms. The number of aromatic nitrogens is 3. The molecule has 0 atom stereocenters. The quantitative estimate of drug-likeness (QED) is 0.597. The number of Topliss-reactive ketones (excluding diaryl/α,β-unsaturated/α-hetero) is 1. The number of hydrogen-bond acceptors (Lipinski definition) is 3. The average Bonchev–Trinajstić information content (AvgIpc) is 2.33. The van der Waals surface area contributed by atoms with E-state index in [1.54, 1.807) is 11.0 Å². The van der Waals surface area contributed by atoms with Gasteiger partial charge in [0.1, 0.15) is 6.33 Å². The highest BCUT2D eigenvalue weighted by atomic mass is 16.1. The third-order valence-corrected chi connectivity index (χ3v) is 1.35. The molecule has 0 saturated heterocycles. The maximum Gasteiger partial charge on any atom is 0.216 e. The van der Waals surface area contributed by atoms with Gasteiger partial charge in [-0.2, -0.15) is 0 Å². The molecule has 4 nitrogen and oxygen atoms in total. The Morgan fingerprint density at radius 3 is 2.55 bits per heavy atom. The van der Waals surface area contributed by atoms with Gasteiger partial charge in [0.2, 0.25) is 5.82 Å². The van der Waals surface area contributed by atoms with Crippen LogP contribution in [0.4, 0.5) is 0 Å². The van der Waals surface area contributed by atoms with Crippen LogP contribution in [0.1, 0.15) is 37.4 Å². The fourth-order valence-electron chi connectivity index (χ4n) is 0.685. The summed E-state index contributed by atoms with van der Waals surface area (Å²) in [6.07, 6.45) is 1.57. The second-order valence-electron chi connectivity index (χ2n) is 2.70. The smallest absolute Gasteiger partial charge is 0.216 e. The molecule has 4 heteroatoms. The van der Waals surface area contributed by atoms with Crippen molar-refractivity contribution in [3.63, 3.8) is 0 Å². The fourth-order valence-corrected chi connectivity index (χ4v) is 0.685. The van der Waals surface area contributed by atoms with Crippen LogP contribution in [0.2, 0.25) is 0 Å². The molecule has 0 amide bonds. The summed E-state index contributed by atoms with van der Waals surface area (Å²) >= 11 is 0. The third-order valence-electron chi connectivity index (χ3n) is 1.35. The monoisotopic (exact) mass is 153 g/mol. The Morgan fingerprint density at radius 1 is 1.64 bits per heavy atom. The standard InChI is InChI=1S/C7H11N3O/c1-5(2)10-4-8-7(9-10)6(3)11/h4-5H,1-3H3. The molecule has 0 radical (unpaired) electrons. The Morgan fingerprint density at radius 2 is 2.27 bits per heavy atom. The number of rotatable bonds is 2. The van der Waals surface area contributed by atoms with Crippen LogP contribution in [0.15, 0.2) is 6.33 Å². The van der Waals surface area contributed by atoms with Gasteiger partial charge in [0.15, 0.2) is 5.78 Å². The Balaban J connectivity index is 2.90. The van der Waals surface area contributed by atoms with Gasteiger partial charge in [-0.15, -0.1) is 5.10 Å². The number of carbonyl (C=O) groups excluding carboxylic acids is 1. The van der Waals surface area contributed by atoms with Gasteiger partial charge < -0.3 is 0 Å². The number of hydrogen-bond donors (Lipinski definition) is 0. The van der Waals surface area contributed by atoms with Crippen LogP contribution in [0.25, 0.3) is 0 Å². The molecule has 0 aliphatic carbocycles. The zero-order valence-corrected chi connectivity index (χ0v) is 6.90. The van der Waals surface area contributed by atoms with Gasteiger partial charge in [-0.05, 0) is 13.8 Å². The third kappa shape index (κ3) is 1.63. The molecule has 60 valence electrons. The van der Waals surface area contributed by atoms with Gasteiger partial charge in [0.05, 0.1) is 0 Å². The van der Waals surface area contributed by atoms with Crippen molar-refractivity contribution >= 4 is 5.78 Å². The summed E-state index contributed by atoms with van der Waals surface area (Å²) in [4.78, 5) is 14.6. The molecule has 0 spiro atoms. The average molecular weight is 153 g/mol. The lowest BCUT2D eigenvalue weighted by Gasteiger charge is -2.00. The molecule has 1 aromatic rings. The van der Waals surface area contributed by atoms with E-state index in [9.17, 15) is 4.79 Å². The van der Waals surface area contributed by atoms with Crippen molar-refractivity contribution in [1.29, 1.82) is 0 Å². The molecule has 0 fully saturated rings. The van der Waals surface area contributed by atoms with Gasteiger partial charge in [-0.25, -0.2) is 9.67 Å². The summed E-state index contributed by atoms with van der Waals surface area (Å²) in [7, 11) is 0. The first-order valence-corrected chi connectivity index (χ1v) is 3.53. The predicted molar refractivity (Wildman–Crippen MR) is 40.4 cm³/mol. The van der Waals surface area contributed by atoms with E-state index in [2.05, 4.69) is 10.1 Å². The molecule has 0 saturated carbocycles. The van der Waals surface area contributed by atoms with Crippen molar-refractivity contribution in [3.05, 3.63) is 12.2 Å². The number of nitrogens with zero attached hydrogens (tertiary/aromatic N) is 3. The summed E-state index contributed by atoms with van der Waals surface area (Å²) in [6.45, 7) is 5.43. The molecule has 0 unspecified atom stereocenters. The molecule has 0 N–H and O–H groups in total. The van der Waals surface area contributed by atoms with Crippen molar-refractivity contribution in [2.24, 2.45) is 0 Å². The van der Waals surface area contributed by atoms with Crippen LogP contribution in [-0.2, 0) is 0 Å². The maximum absolute atomic E-state index is 10.7. The zero-order chi connectivity index (χ0) is 8.43. The van der Waals surface area contributed by atoms with Gasteiger partial charge >= 0.3 is 0 Å². The second-order valence-corrected chi connectivity index (χ2v) is 2.70. The minimum absolute atomic E-state index is 0.0931. The van der Waals surface area contributed by atoms with E-state index < -0.39 is 0 Å². The van der Waals surface area contributed by atoms with Crippen LogP contribution >= 0.6 is 0 Å². The van der Waals surface area contributed by atoms with Crippen LogP contribution in [0.5, 0.6) is 0 Å². The van der Waals surface area contributed by atoms with Crippen molar-refractivity contribution in [3.8, 4) is 0 Å². The highest BCUT2D eigenvalue weighted by Gasteiger charge is 2.06. The van der Waals surface area contributed by atoms with Crippen LogP contribution < -0.4 is 0 Å². The van der Waals surface area contributed by atoms with Gasteiger partial charge in [-0.1, -0.05) is 0 Å². The second kappa shape index (κ2) is 2.82. The molecule has 0 aliphatic rings. The summed E-state index contributed by atoms with van der Waals surface area (Å²) in [5.41, 5.74) is 0. The molecule has 11 heavy (non-hydrogen) atoms. The summed E-state index contributed by atoms with van der Waals surface area (Å²) in [5, 5.41) is 3.97. The van der Waals surface area contributed by atoms with Crippen LogP contribution in [0.3, 0.4) is 0 Å². The fraction of sp³-hybridized carbons (Fsp3) is 0.571. The minimum Gasteiger partial charge on any atom is -0.291 e. The molecule has 0 aromatic carbocycles. The van der Waals surface area contributed by atoms with E-state index in [1.807, 2.05) is 13.8 Å². The van der Waals surface area contributed by atoms with E-state index in [0.29, 0.717) is 5.82 Å². The van der Waals surface area contributed by atoms with Gasteiger partial charge in [0.25, 0.3) is 0 Å². The highest BCUT2D eigenvalue weighted by Crippen LogP contribution is 2.00. The summed E-state index contributed by atoms with van der Waals surface area (Å²) < 4.78 is 1.66.